The van der Waals surface area contributed by atoms with Crippen LogP contribution >= 0.6 is 0 Å². The van der Waals surface area contributed by atoms with Crippen LogP contribution in [0.3, 0.4) is 0 Å². The zero-order chi connectivity index (χ0) is 14.7. The lowest BCUT2D eigenvalue weighted by atomic mass is 9.72. The van der Waals surface area contributed by atoms with E-state index in [-0.39, 0.29) is 0 Å². The standard InChI is InChI=1S/C20H37N/c1-3-19-18(17-12-8-9-13-20(17)21-19)14-15(2)16-10-6-4-5-7-11-16/h15-21H,3-14H2,1-2H3. The first-order valence-corrected chi connectivity index (χ1v) is 10.1. The minimum absolute atomic E-state index is 0.825. The molecule has 122 valence electrons. The summed E-state index contributed by atoms with van der Waals surface area (Å²) in [5.41, 5.74) is 0. The summed E-state index contributed by atoms with van der Waals surface area (Å²) < 4.78 is 0. The number of rotatable bonds is 4. The molecule has 1 heterocycles. The van der Waals surface area contributed by atoms with Crippen molar-refractivity contribution >= 4 is 0 Å². The third-order valence-electron chi connectivity index (χ3n) is 7.10. The molecule has 1 heteroatoms. The summed E-state index contributed by atoms with van der Waals surface area (Å²) in [4.78, 5) is 0. The molecule has 0 spiro atoms. The Bertz CT molecular complexity index is 305. The maximum Gasteiger partial charge on any atom is 0.0101 e. The fraction of sp³-hybridized carbons (Fsp3) is 1.00. The predicted molar refractivity (Wildman–Crippen MR) is 91.4 cm³/mol. The summed E-state index contributed by atoms with van der Waals surface area (Å²) in [6.07, 6.45) is 17.8. The van der Waals surface area contributed by atoms with Crippen molar-refractivity contribution in [2.75, 3.05) is 0 Å². The van der Waals surface area contributed by atoms with E-state index in [2.05, 4.69) is 19.2 Å². The Hall–Kier alpha value is -0.0400. The van der Waals surface area contributed by atoms with E-state index in [9.17, 15) is 0 Å². The number of nitrogens with one attached hydrogen (secondary N) is 1. The van der Waals surface area contributed by atoms with Crippen molar-refractivity contribution in [3.63, 3.8) is 0 Å². The molecule has 1 aliphatic heterocycles. The quantitative estimate of drug-likeness (QED) is 0.671. The van der Waals surface area contributed by atoms with Crippen molar-refractivity contribution < 1.29 is 0 Å². The van der Waals surface area contributed by atoms with Gasteiger partial charge in [0.2, 0.25) is 0 Å². The second kappa shape index (κ2) is 7.49. The summed E-state index contributed by atoms with van der Waals surface area (Å²) in [5, 5.41) is 4.01. The van der Waals surface area contributed by atoms with Gasteiger partial charge in [-0.15, -0.1) is 0 Å². The van der Waals surface area contributed by atoms with Gasteiger partial charge in [0, 0.05) is 12.1 Å². The van der Waals surface area contributed by atoms with Crippen LogP contribution in [0, 0.1) is 23.7 Å². The highest BCUT2D eigenvalue weighted by Gasteiger charge is 2.43. The highest BCUT2D eigenvalue weighted by molar-refractivity contribution is 4.99. The van der Waals surface area contributed by atoms with E-state index < -0.39 is 0 Å². The molecule has 5 unspecified atom stereocenters. The molecule has 0 amide bonds. The molecule has 5 atom stereocenters. The van der Waals surface area contributed by atoms with E-state index in [0.717, 1.165) is 35.8 Å². The van der Waals surface area contributed by atoms with E-state index in [1.54, 1.807) is 0 Å². The van der Waals surface area contributed by atoms with Gasteiger partial charge in [0.05, 0.1) is 0 Å². The zero-order valence-electron chi connectivity index (χ0n) is 14.4. The Labute approximate surface area is 132 Å². The van der Waals surface area contributed by atoms with Gasteiger partial charge >= 0.3 is 0 Å². The highest BCUT2D eigenvalue weighted by Crippen LogP contribution is 2.43. The molecule has 21 heavy (non-hydrogen) atoms. The molecule has 2 aliphatic carbocycles. The first-order valence-electron chi connectivity index (χ1n) is 10.1. The summed E-state index contributed by atoms with van der Waals surface area (Å²) in [6, 6.07) is 1.70. The second-order valence-corrected chi connectivity index (χ2v) is 8.36. The van der Waals surface area contributed by atoms with Crippen LogP contribution in [0.2, 0.25) is 0 Å². The van der Waals surface area contributed by atoms with Crippen molar-refractivity contribution in [3.05, 3.63) is 0 Å². The van der Waals surface area contributed by atoms with Gasteiger partial charge in [-0.3, -0.25) is 0 Å². The molecule has 1 saturated heterocycles. The van der Waals surface area contributed by atoms with Gasteiger partial charge in [0.1, 0.15) is 0 Å². The zero-order valence-corrected chi connectivity index (χ0v) is 14.4. The average Bonchev–Trinajstić information content (AvgIpc) is 2.68. The lowest BCUT2D eigenvalue weighted by molar-refractivity contribution is 0.195. The van der Waals surface area contributed by atoms with Crippen molar-refractivity contribution in [3.8, 4) is 0 Å². The molecule has 3 aliphatic rings. The van der Waals surface area contributed by atoms with Crippen molar-refractivity contribution in [2.45, 2.75) is 103 Å². The molecule has 0 radical (unpaired) electrons. The predicted octanol–water partition coefficient (Wildman–Crippen LogP) is 5.54. The fourth-order valence-electron chi connectivity index (χ4n) is 5.84. The Morgan fingerprint density at radius 3 is 2.29 bits per heavy atom. The summed E-state index contributed by atoms with van der Waals surface area (Å²) in [7, 11) is 0. The van der Waals surface area contributed by atoms with Gasteiger partial charge < -0.3 is 5.32 Å². The first kappa shape index (κ1) is 15.8. The minimum atomic E-state index is 0.825. The fourth-order valence-corrected chi connectivity index (χ4v) is 5.84. The summed E-state index contributed by atoms with van der Waals surface area (Å²) >= 11 is 0. The molecule has 3 rings (SSSR count). The molecule has 0 aromatic rings. The Balaban J connectivity index is 1.60. The molecule has 2 saturated carbocycles. The molecule has 0 aromatic heterocycles. The van der Waals surface area contributed by atoms with Gasteiger partial charge in [-0.1, -0.05) is 65.2 Å². The minimum Gasteiger partial charge on any atom is -0.311 e. The second-order valence-electron chi connectivity index (χ2n) is 8.36. The van der Waals surface area contributed by atoms with E-state index in [4.69, 9.17) is 0 Å². The van der Waals surface area contributed by atoms with Crippen LogP contribution < -0.4 is 5.32 Å². The number of fused-ring (bicyclic) bond motifs is 1. The maximum atomic E-state index is 4.01. The SMILES string of the molecule is CCC1NC2CCCCC2C1CC(C)C1CCCCCC1. The van der Waals surface area contributed by atoms with Crippen LogP contribution in [0.25, 0.3) is 0 Å². The third-order valence-corrected chi connectivity index (χ3v) is 7.10. The van der Waals surface area contributed by atoms with Crippen molar-refractivity contribution in [1.29, 1.82) is 0 Å². The van der Waals surface area contributed by atoms with Crippen LogP contribution in [0.15, 0.2) is 0 Å². The van der Waals surface area contributed by atoms with Crippen LogP contribution in [-0.2, 0) is 0 Å². The number of hydrogen-bond donors (Lipinski definition) is 1. The summed E-state index contributed by atoms with van der Waals surface area (Å²) in [5.74, 6) is 3.99. The monoisotopic (exact) mass is 291 g/mol. The first-order chi connectivity index (χ1) is 10.3. The van der Waals surface area contributed by atoms with Crippen LogP contribution in [0.4, 0.5) is 0 Å². The lowest BCUT2D eigenvalue weighted by Crippen LogP contribution is -2.32. The van der Waals surface area contributed by atoms with E-state index in [1.807, 2.05) is 0 Å². The van der Waals surface area contributed by atoms with Gasteiger partial charge in [0.25, 0.3) is 0 Å². The van der Waals surface area contributed by atoms with Crippen molar-refractivity contribution in [1.82, 2.24) is 5.32 Å². The Morgan fingerprint density at radius 1 is 0.905 bits per heavy atom. The normalized spacial score (nSPS) is 39.7. The van der Waals surface area contributed by atoms with E-state index >= 15 is 0 Å². The maximum absolute atomic E-state index is 4.01. The molecule has 0 aromatic carbocycles. The third kappa shape index (κ3) is 3.66. The Kier molecular flexibility index (Phi) is 5.65. The lowest BCUT2D eigenvalue weighted by Gasteiger charge is -2.33. The molecular formula is C20H37N. The van der Waals surface area contributed by atoms with Gasteiger partial charge in [-0.2, -0.15) is 0 Å². The Morgan fingerprint density at radius 2 is 1.57 bits per heavy atom. The van der Waals surface area contributed by atoms with Gasteiger partial charge in [-0.05, 0) is 49.4 Å². The summed E-state index contributed by atoms with van der Waals surface area (Å²) in [6.45, 7) is 4.98. The smallest absolute Gasteiger partial charge is 0.0101 e. The molecular weight excluding hydrogens is 254 g/mol. The van der Waals surface area contributed by atoms with Crippen molar-refractivity contribution in [2.24, 2.45) is 23.7 Å². The molecule has 0 bridgehead atoms. The highest BCUT2D eigenvalue weighted by atomic mass is 15.0. The number of hydrogen-bond acceptors (Lipinski definition) is 1. The van der Waals surface area contributed by atoms with Crippen LogP contribution in [0.5, 0.6) is 0 Å². The van der Waals surface area contributed by atoms with Crippen LogP contribution in [0.1, 0.15) is 90.9 Å². The van der Waals surface area contributed by atoms with Gasteiger partial charge in [-0.25, -0.2) is 0 Å². The molecule has 1 nitrogen and oxygen atoms in total. The van der Waals surface area contributed by atoms with Gasteiger partial charge in [0.15, 0.2) is 0 Å². The molecule has 3 fully saturated rings. The van der Waals surface area contributed by atoms with E-state index in [1.165, 1.54) is 77.0 Å². The largest absolute Gasteiger partial charge is 0.311 e. The topological polar surface area (TPSA) is 12.0 Å². The average molecular weight is 292 g/mol. The molecule has 1 N–H and O–H groups in total. The van der Waals surface area contributed by atoms with E-state index in [0.29, 0.717) is 0 Å². The van der Waals surface area contributed by atoms with Crippen LogP contribution in [-0.4, -0.2) is 12.1 Å².